The summed E-state index contributed by atoms with van der Waals surface area (Å²) in [7, 11) is 0. The van der Waals surface area contributed by atoms with Gasteiger partial charge in [-0.05, 0) is 37.3 Å². The van der Waals surface area contributed by atoms with E-state index in [-0.39, 0.29) is 17.2 Å². The van der Waals surface area contributed by atoms with Crippen LogP contribution in [0.3, 0.4) is 0 Å². The van der Waals surface area contributed by atoms with Crippen LogP contribution in [-0.2, 0) is 15.8 Å². The molecule has 9 heteroatoms. The van der Waals surface area contributed by atoms with Crippen molar-refractivity contribution in [2.24, 2.45) is 11.8 Å². The van der Waals surface area contributed by atoms with Crippen molar-refractivity contribution in [3.05, 3.63) is 29.3 Å². The number of nitrogens with one attached hydrogen (secondary N) is 1. The molecule has 2 fully saturated rings. The average Bonchev–Trinajstić information content (AvgIpc) is 3.07. The Hall–Kier alpha value is -2.58. The summed E-state index contributed by atoms with van der Waals surface area (Å²) >= 11 is 0. The highest BCUT2D eigenvalue weighted by molar-refractivity contribution is 6.16. The van der Waals surface area contributed by atoms with Gasteiger partial charge in [-0.1, -0.05) is 0 Å². The summed E-state index contributed by atoms with van der Waals surface area (Å²) in [6, 6.07) is 2.05. The minimum absolute atomic E-state index is 0.0216. The molecule has 2 unspecified atom stereocenters. The molecule has 1 aromatic rings. The van der Waals surface area contributed by atoms with Crippen LogP contribution in [0.15, 0.2) is 23.8 Å². The number of hydrazine groups is 1. The molecule has 1 saturated carbocycles. The number of fused-ring (bicyclic) bond motifs is 1. The zero-order chi connectivity index (χ0) is 17.9. The molecule has 1 N–H and O–H groups in total. The van der Waals surface area contributed by atoms with E-state index in [1.165, 1.54) is 6.92 Å². The highest BCUT2D eigenvalue weighted by Gasteiger charge is 2.47. The average molecular weight is 352 g/mol. The largest absolute Gasteiger partial charge is 0.419 e. The van der Waals surface area contributed by atoms with Gasteiger partial charge in [0.15, 0.2) is 0 Å². The number of rotatable bonds is 3. The number of hydrogen-bond donors (Lipinski definition) is 1. The SMILES string of the molecule is CC1=CC(=O)N(Nc2ccc(C(F)(F)F)c(N3CC4CC4C3)n2)C1=O. The van der Waals surface area contributed by atoms with Crippen LogP contribution in [0.4, 0.5) is 24.8 Å². The van der Waals surface area contributed by atoms with Gasteiger partial charge in [-0.3, -0.25) is 15.0 Å². The molecule has 1 saturated heterocycles. The van der Waals surface area contributed by atoms with Gasteiger partial charge in [0.2, 0.25) is 0 Å². The zero-order valence-electron chi connectivity index (χ0n) is 13.3. The van der Waals surface area contributed by atoms with E-state index in [1.807, 2.05) is 0 Å². The van der Waals surface area contributed by atoms with Crippen LogP contribution in [0.5, 0.6) is 0 Å². The first kappa shape index (κ1) is 15.9. The first-order valence-electron chi connectivity index (χ1n) is 7.90. The summed E-state index contributed by atoms with van der Waals surface area (Å²) in [4.78, 5) is 29.3. The molecular formula is C16H15F3N4O2. The Bertz CT molecular complexity index is 795. The Kier molecular flexibility index (Phi) is 3.32. The number of piperidine rings is 1. The highest BCUT2D eigenvalue weighted by atomic mass is 19.4. The normalized spacial score (nSPS) is 25.4. The third kappa shape index (κ3) is 2.73. The minimum Gasteiger partial charge on any atom is -0.355 e. The molecule has 3 heterocycles. The Morgan fingerprint density at radius 3 is 2.44 bits per heavy atom. The van der Waals surface area contributed by atoms with Crippen molar-refractivity contribution in [1.82, 2.24) is 9.99 Å². The maximum absolute atomic E-state index is 13.3. The fourth-order valence-corrected chi connectivity index (χ4v) is 3.35. The summed E-state index contributed by atoms with van der Waals surface area (Å²) in [5.41, 5.74) is 1.95. The second-order valence-corrected chi connectivity index (χ2v) is 6.64. The van der Waals surface area contributed by atoms with E-state index in [0.717, 1.165) is 29.6 Å². The molecule has 0 radical (unpaired) electrons. The summed E-state index contributed by atoms with van der Waals surface area (Å²) < 4.78 is 39.9. The number of halogens is 3. The van der Waals surface area contributed by atoms with Crippen LogP contribution >= 0.6 is 0 Å². The predicted molar refractivity (Wildman–Crippen MR) is 82.3 cm³/mol. The quantitative estimate of drug-likeness (QED) is 0.845. The third-order valence-electron chi connectivity index (χ3n) is 4.79. The smallest absolute Gasteiger partial charge is 0.355 e. The van der Waals surface area contributed by atoms with Crippen LogP contribution in [0, 0.1) is 11.8 Å². The molecule has 1 aromatic heterocycles. The Morgan fingerprint density at radius 2 is 1.88 bits per heavy atom. The van der Waals surface area contributed by atoms with Crippen LogP contribution in [-0.4, -0.2) is 34.9 Å². The molecule has 0 aromatic carbocycles. The van der Waals surface area contributed by atoms with Crippen LogP contribution in [0.25, 0.3) is 0 Å². The number of imide groups is 1. The molecule has 132 valence electrons. The van der Waals surface area contributed by atoms with E-state index in [4.69, 9.17) is 0 Å². The summed E-state index contributed by atoms with van der Waals surface area (Å²) in [6.07, 6.45) is -2.31. The van der Waals surface area contributed by atoms with Gasteiger partial charge in [0.05, 0.1) is 5.56 Å². The molecular weight excluding hydrogens is 337 g/mol. The van der Waals surface area contributed by atoms with Crippen molar-refractivity contribution in [2.75, 3.05) is 23.4 Å². The number of carbonyl (C=O) groups excluding carboxylic acids is 2. The predicted octanol–water partition coefficient (Wildman–Crippen LogP) is 2.20. The summed E-state index contributed by atoms with van der Waals surface area (Å²) in [5, 5.41) is 0.746. The number of carbonyl (C=O) groups is 2. The third-order valence-corrected chi connectivity index (χ3v) is 4.79. The van der Waals surface area contributed by atoms with Crippen LogP contribution in [0.1, 0.15) is 18.9 Å². The lowest BCUT2D eigenvalue weighted by molar-refractivity contribution is -0.138. The molecule has 6 nitrogen and oxygen atoms in total. The molecule has 4 rings (SSSR count). The maximum atomic E-state index is 13.3. The molecule has 2 atom stereocenters. The lowest BCUT2D eigenvalue weighted by Crippen LogP contribution is -2.37. The van der Waals surface area contributed by atoms with Crippen molar-refractivity contribution in [3.63, 3.8) is 0 Å². The summed E-state index contributed by atoms with van der Waals surface area (Å²) in [6.45, 7) is 2.59. The Morgan fingerprint density at radius 1 is 1.20 bits per heavy atom. The van der Waals surface area contributed by atoms with Crippen molar-refractivity contribution in [2.45, 2.75) is 19.5 Å². The van der Waals surface area contributed by atoms with Gasteiger partial charge >= 0.3 is 6.18 Å². The standard InChI is InChI=1S/C16H15F3N4O2/c1-8-4-13(24)23(15(8)25)21-12-3-2-11(16(17,18)19)14(20-12)22-6-9-5-10(9)7-22/h2-4,9-10H,5-7H2,1H3,(H,20,21). The Labute approximate surface area is 141 Å². The first-order chi connectivity index (χ1) is 11.7. The van der Waals surface area contributed by atoms with E-state index in [0.29, 0.717) is 24.9 Å². The van der Waals surface area contributed by atoms with Crippen molar-refractivity contribution < 1.29 is 22.8 Å². The van der Waals surface area contributed by atoms with E-state index >= 15 is 0 Å². The van der Waals surface area contributed by atoms with Gasteiger partial charge in [-0.25, -0.2) is 4.98 Å². The number of hydrogen-bond acceptors (Lipinski definition) is 5. The molecule has 2 amide bonds. The number of nitrogens with zero attached hydrogens (tertiary/aromatic N) is 3. The molecule has 3 aliphatic rings. The van der Waals surface area contributed by atoms with Gasteiger partial charge in [-0.15, -0.1) is 0 Å². The number of anilines is 2. The molecule has 25 heavy (non-hydrogen) atoms. The lowest BCUT2D eigenvalue weighted by Gasteiger charge is -2.25. The van der Waals surface area contributed by atoms with Crippen molar-refractivity contribution >= 4 is 23.5 Å². The van der Waals surface area contributed by atoms with E-state index < -0.39 is 23.6 Å². The molecule has 2 aliphatic heterocycles. The second kappa shape index (κ2) is 5.21. The number of aromatic nitrogens is 1. The van der Waals surface area contributed by atoms with Crippen molar-refractivity contribution in [1.29, 1.82) is 0 Å². The van der Waals surface area contributed by atoms with Gasteiger partial charge in [0.25, 0.3) is 11.8 Å². The van der Waals surface area contributed by atoms with Gasteiger partial charge < -0.3 is 4.90 Å². The van der Waals surface area contributed by atoms with Gasteiger partial charge in [0.1, 0.15) is 11.6 Å². The first-order valence-corrected chi connectivity index (χ1v) is 7.90. The minimum atomic E-state index is -4.52. The van der Waals surface area contributed by atoms with E-state index in [9.17, 15) is 22.8 Å². The number of alkyl halides is 3. The molecule has 1 aliphatic carbocycles. The topological polar surface area (TPSA) is 65.5 Å². The summed E-state index contributed by atoms with van der Waals surface area (Å²) in [5.74, 6) is -0.383. The fraction of sp³-hybridized carbons (Fsp3) is 0.438. The lowest BCUT2D eigenvalue weighted by atomic mass is 10.2. The van der Waals surface area contributed by atoms with Crippen LogP contribution < -0.4 is 10.3 Å². The number of amides is 2. The van der Waals surface area contributed by atoms with E-state index in [2.05, 4.69) is 10.4 Å². The molecule has 0 spiro atoms. The monoisotopic (exact) mass is 352 g/mol. The fourth-order valence-electron chi connectivity index (χ4n) is 3.35. The van der Waals surface area contributed by atoms with Crippen LogP contribution in [0.2, 0.25) is 0 Å². The van der Waals surface area contributed by atoms with Gasteiger partial charge in [-0.2, -0.15) is 18.2 Å². The van der Waals surface area contributed by atoms with Crippen molar-refractivity contribution in [3.8, 4) is 0 Å². The Balaban J connectivity index is 1.63. The molecule has 0 bridgehead atoms. The number of pyridine rings is 1. The van der Waals surface area contributed by atoms with E-state index in [1.54, 1.807) is 4.90 Å². The second-order valence-electron chi connectivity index (χ2n) is 6.64. The maximum Gasteiger partial charge on any atom is 0.419 e. The van der Waals surface area contributed by atoms with Gasteiger partial charge in [0, 0.05) is 24.7 Å². The zero-order valence-corrected chi connectivity index (χ0v) is 13.3. The highest BCUT2D eigenvalue weighted by Crippen LogP contribution is 2.48.